The van der Waals surface area contributed by atoms with Gasteiger partial charge in [-0.25, -0.2) is 9.78 Å². The molecule has 1 fully saturated rings. The second-order valence-electron chi connectivity index (χ2n) is 9.75. The smallest absolute Gasteiger partial charge is 0.416 e. The fraction of sp³-hybridized carbons (Fsp3) is 0.500. The summed E-state index contributed by atoms with van der Waals surface area (Å²) >= 11 is 0. The minimum Gasteiger partial charge on any atom is -0.481 e. The minimum absolute atomic E-state index is 0.0389. The SMILES string of the molecule is CC1(C(=O)O)CCC(C(=O)N[C@@H](Cc2cn(Cc3ccccc3C(F)(F)F)cn2)C(=O)O)C1(C)C. The Kier molecular flexibility index (Phi) is 7.01. The summed E-state index contributed by atoms with van der Waals surface area (Å²) in [6, 6.07) is 3.81. The van der Waals surface area contributed by atoms with E-state index >= 15 is 0 Å². The zero-order chi connectivity index (χ0) is 26.2. The second-order valence-corrected chi connectivity index (χ2v) is 9.75. The van der Waals surface area contributed by atoms with Crippen LogP contribution in [0.1, 0.15) is 50.4 Å². The Hall–Kier alpha value is -3.37. The molecule has 3 atom stereocenters. The fourth-order valence-electron chi connectivity index (χ4n) is 4.75. The summed E-state index contributed by atoms with van der Waals surface area (Å²) in [5, 5.41) is 21.8. The number of rotatable bonds is 8. The van der Waals surface area contributed by atoms with Crippen molar-refractivity contribution in [2.75, 3.05) is 0 Å². The molecule has 11 heteroatoms. The molecule has 1 aliphatic rings. The lowest BCUT2D eigenvalue weighted by molar-refractivity contribution is -0.155. The summed E-state index contributed by atoms with van der Waals surface area (Å²) in [6.45, 7) is 4.85. The third-order valence-electron chi connectivity index (χ3n) is 7.41. The number of carboxylic acids is 2. The highest BCUT2D eigenvalue weighted by Crippen LogP contribution is 2.56. The number of carboxylic acid groups (broad SMARTS) is 2. The average molecular weight is 495 g/mol. The molecule has 1 saturated carbocycles. The van der Waals surface area contributed by atoms with Gasteiger partial charge in [-0.05, 0) is 36.8 Å². The van der Waals surface area contributed by atoms with Crippen LogP contribution >= 0.6 is 0 Å². The van der Waals surface area contributed by atoms with Gasteiger partial charge in [-0.3, -0.25) is 9.59 Å². The van der Waals surface area contributed by atoms with Crippen LogP contribution in [0.25, 0.3) is 0 Å². The van der Waals surface area contributed by atoms with Crippen LogP contribution in [-0.4, -0.2) is 43.7 Å². The molecule has 190 valence electrons. The van der Waals surface area contributed by atoms with E-state index in [-0.39, 0.29) is 30.6 Å². The second kappa shape index (κ2) is 9.35. The first-order chi connectivity index (χ1) is 16.2. The van der Waals surface area contributed by atoms with Gasteiger partial charge >= 0.3 is 18.1 Å². The number of hydrogen-bond donors (Lipinski definition) is 3. The van der Waals surface area contributed by atoms with E-state index in [1.807, 2.05) is 0 Å². The van der Waals surface area contributed by atoms with Gasteiger partial charge in [-0.1, -0.05) is 32.0 Å². The van der Waals surface area contributed by atoms with Crippen LogP contribution in [0, 0.1) is 16.7 Å². The lowest BCUT2D eigenvalue weighted by Gasteiger charge is -2.38. The van der Waals surface area contributed by atoms with Crippen molar-refractivity contribution >= 4 is 17.8 Å². The van der Waals surface area contributed by atoms with Gasteiger partial charge in [0.2, 0.25) is 5.91 Å². The van der Waals surface area contributed by atoms with Gasteiger partial charge in [0, 0.05) is 25.1 Å². The van der Waals surface area contributed by atoms with E-state index in [9.17, 15) is 37.8 Å². The Labute approximate surface area is 200 Å². The number of nitrogens with zero attached hydrogens (tertiary/aromatic N) is 2. The van der Waals surface area contributed by atoms with Crippen molar-refractivity contribution in [3.8, 4) is 0 Å². The number of benzene rings is 1. The molecule has 3 rings (SSSR count). The van der Waals surface area contributed by atoms with Gasteiger partial charge in [-0.15, -0.1) is 0 Å². The van der Waals surface area contributed by atoms with Crippen molar-refractivity contribution < 1.29 is 37.8 Å². The van der Waals surface area contributed by atoms with E-state index in [1.54, 1.807) is 20.8 Å². The van der Waals surface area contributed by atoms with Gasteiger partial charge in [0.05, 0.1) is 23.0 Å². The van der Waals surface area contributed by atoms with Crippen molar-refractivity contribution in [2.45, 2.75) is 58.8 Å². The highest BCUT2D eigenvalue weighted by Gasteiger charge is 2.58. The molecule has 8 nitrogen and oxygen atoms in total. The van der Waals surface area contributed by atoms with E-state index in [0.717, 1.165) is 6.07 Å². The molecule has 0 saturated heterocycles. The van der Waals surface area contributed by atoms with Crippen LogP contribution in [0.4, 0.5) is 13.2 Å². The molecule has 0 bridgehead atoms. The quantitative estimate of drug-likeness (QED) is 0.515. The summed E-state index contributed by atoms with van der Waals surface area (Å²) in [7, 11) is 0. The summed E-state index contributed by atoms with van der Waals surface area (Å²) in [4.78, 5) is 40.7. The molecular weight excluding hydrogens is 467 g/mol. The molecule has 0 aliphatic heterocycles. The number of amides is 1. The molecule has 1 aromatic carbocycles. The molecule has 1 heterocycles. The van der Waals surface area contributed by atoms with E-state index in [1.165, 1.54) is 35.3 Å². The maximum Gasteiger partial charge on any atom is 0.416 e. The summed E-state index contributed by atoms with van der Waals surface area (Å²) in [6.07, 6.45) is -1.35. The number of carbonyl (C=O) groups is 3. The lowest BCUT2D eigenvalue weighted by Crippen LogP contribution is -2.49. The molecule has 0 spiro atoms. The van der Waals surface area contributed by atoms with Gasteiger partial charge < -0.3 is 20.1 Å². The normalized spacial score (nSPS) is 22.5. The van der Waals surface area contributed by atoms with Gasteiger partial charge in [-0.2, -0.15) is 13.2 Å². The monoisotopic (exact) mass is 495 g/mol. The van der Waals surface area contributed by atoms with Crippen LogP contribution in [0.3, 0.4) is 0 Å². The first kappa shape index (κ1) is 26.2. The zero-order valence-electron chi connectivity index (χ0n) is 19.6. The molecule has 1 aromatic heterocycles. The molecule has 1 amide bonds. The molecule has 35 heavy (non-hydrogen) atoms. The number of hydrogen-bond acceptors (Lipinski definition) is 4. The Morgan fingerprint density at radius 3 is 2.43 bits per heavy atom. The summed E-state index contributed by atoms with van der Waals surface area (Å²) in [5.41, 5.74) is -2.47. The molecule has 0 radical (unpaired) electrons. The predicted molar refractivity (Wildman–Crippen MR) is 118 cm³/mol. The van der Waals surface area contributed by atoms with Crippen LogP contribution in [-0.2, 0) is 33.5 Å². The largest absolute Gasteiger partial charge is 0.481 e. The van der Waals surface area contributed by atoms with E-state index < -0.39 is 52.4 Å². The Morgan fingerprint density at radius 1 is 1.20 bits per heavy atom. The van der Waals surface area contributed by atoms with Crippen LogP contribution in [0.15, 0.2) is 36.8 Å². The van der Waals surface area contributed by atoms with Crippen molar-refractivity contribution in [1.29, 1.82) is 0 Å². The van der Waals surface area contributed by atoms with E-state index in [2.05, 4.69) is 10.3 Å². The number of carbonyl (C=O) groups excluding carboxylic acids is 1. The van der Waals surface area contributed by atoms with Crippen molar-refractivity contribution in [3.05, 3.63) is 53.6 Å². The fourth-order valence-corrected chi connectivity index (χ4v) is 4.75. The topological polar surface area (TPSA) is 122 Å². The number of aromatic nitrogens is 2. The van der Waals surface area contributed by atoms with Gasteiger partial charge in [0.25, 0.3) is 0 Å². The van der Waals surface area contributed by atoms with E-state index in [0.29, 0.717) is 6.42 Å². The average Bonchev–Trinajstić information content (AvgIpc) is 3.28. The van der Waals surface area contributed by atoms with Crippen molar-refractivity contribution in [1.82, 2.24) is 14.9 Å². The van der Waals surface area contributed by atoms with Gasteiger partial charge in [0.15, 0.2) is 0 Å². The molecular formula is C24H28F3N3O5. The molecule has 3 N–H and O–H groups in total. The van der Waals surface area contributed by atoms with Crippen molar-refractivity contribution in [3.63, 3.8) is 0 Å². The molecule has 2 aromatic rings. The standard InChI is InChI=1S/C24H28F3N3O5/c1-22(2)17(8-9-23(22,3)21(34)35)19(31)29-18(20(32)33)10-15-12-30(13-28-15)11-14-6-4-5-7-16(14)24(25,26)27/h4-7,12-13,17-18H,8-11H2,1-3H3,(H,29,31)(H,32,33)(H,34,35)/t17?,18-,23?/m0/s1. The lowest BCUT2D eigenvalue weighted by atomic mass is 9.65. The maximum atomic E-state index is 13.3. The summed E-state index contributed by atoms with van der Waals surface area (Å²) < 4.78 is 41.2. The predicted octanol–water partition coefficient (Wildman–Crippen LogP) is 3.59. The third-order valence-corrected chi connectivity index (χ3v) is 7.41. The first-order valence-electron chi connectivity index (χ1n) is 11.1. The Balaban J connectivity index is 1.72. The molecule has 2 unspecified atom stereocenters. The molecule has 1 aliphatic carbocycles. The van der Waals surface area contributed by atoms with Crippen LogP contribution in [0.5, 0.6) is 0 Å². The highest BCUT2D eigenvalue weighted by atomic mass is 19.4. The Bertz CT molecular complexity index is 1130. The number of nitrogens with one attached hydrogen (secondary N) is 1. The number of halogens is 3. The van der Waals surface area contributed by atoms with Crippen LogP contribution in [0.2, 0.25) is 0 Å². The summed E-state index contributed by atoms with van der Waals surface area (Å²) in [5.74, 6) is -3.55. The van der Waals surface area contributed by atoms with E-state index in [4.69, 9.17) is 0 Å². The third kappa shape index (κ3) is 5.18. The van der Waals surface area contributed by atoms with Gasteiger partial charge in [0.1, 0.15) is 6.04 Å². The minimum atomic E-state index is -4.51. The number of alkyl halides is 3. The Morgan fingerprint density at radius 2 is 1.86 bits per heavy atom. The number of aliphatic carboxylic acids is 2. The van der Waals surface area contributed by atoms with Crippen LogP contribution < -0.4 is 5.32 Å². The van der Waals surface area contributed by atoms with Crippen molar-refractivity contribution in [2.24, 2.45) is 16.7 Å². The highest BCUT2D eigenvalue weighted by molar-refractivity contribution is 5.87. The first-order valence-corrected chi connectivity index (χ1v) is 11.1. The number of imidazole rings is 1. The maximum absolute atomic E-state index is 13.3. The zero-order valence-corrected chi connectivity index (χ0v) is 19.6.